The van der Waals surface area contributed by atoms with Crippen molar-refractivity contribution in [1.82, 2.24) is 5.32 Å². The second-order valence-electron chi connectivity index (χ2n) is 5.16. The van der Waals surface area contributed by atoms with Crippen molar-refractivity contribution in [2.75, 3.05) is 17.2 Å². The molecule has 5 nitrogen and oxygen atoms in total. The molecule has 0 saturated heterocycles. The van der Waals surface area contributed by atoms with Crippen LogP contribution in [-0.2, 0) is 4.79 Å². The lowest BCUT2D eigenvalue weighted by Crippen LogP contribution is -2.35. The SMILES string of the molecule is Cc1cc(C)c(NC(=O)CNC(=O)Nc2ccccc2)c(Cl)c1. The maximum Gasteiger partial charge on any atom is 0.319 e. The van der Waals surface area contributed by atoms with Crippen molar-refractivity contribution in [1.29, 1.82) is 0 Å². The number of anilines is 2. The molecule has 2 aromatic carbocycles. The summed E-state index contributed by atoms with van der Waals surface area (Å²) in [6, 6.07) is 12.2. The summed E-state index contributed by atoms with van der Waals surface area (Å²) in [6.45, 7) is 3.65. The van der Waals surface area contributed by atoms with Crippen LogP contribution in [0.5, 0.6) is 0 Å². The number of urea groups is 1. The molecule has 0 unspecified atom stereocenters. The molecule has 0 aromatic heterocycles. The Morgan fingerprint density at radius 3 is 2.39 bits per heavy atom. The van der Waals surface area contributed by atoms with E-state index in [-0.39, 0.29) is 12.5 Å². The number of benzene rings is 2. The summed E-state index contributed by atoms with van der Waals surface area (Å²) in [6.07, 6.45) is 0. The summed E-state index contributed by atoms with van der Waals surface area (Å²) in [5.74, 6) is -0.345. The van der Waals surface area contributed by atoms with E-state index in [1.165, 1.54) is 0 Å². The van der Waals surface area contributed by atoms with Gasteiger partial charge < -0.3 is 16.0 Å². The zero-order valence-electron chi connectivity index (χ0n) is 12.9. The largest absolute Gasteiger partial charge is 0.329 e. The van der Waals surface area contributed by atoms with Crippen LogP contribution in [0, 0.1) is 13.8 Å². The quantitative estimate of drug-likeness (QED) is 0.799. The van der Waals surface area contributed by atoms with E-state index in [9.17, 15) is 9.59 Å². The van der Waals surface area contributed by atoms with E-state index in [4.69, 9.17) is 11.6 Å². The van der Waals surface area contributed by atoms with E-state index in [2.05, 4.69) is 16.0 Å². The van der Waals surface area contributed by atoms with Crippen LogP contribution < -0.4 is 16.0 Å². The number of aryl methyl sites for hydroxylation is 2. The van der Waals surface area contributed by atoms with Crippen molar-refractivity contribution in [3.05, 3.63) is 58.6 Å². The zero-order chi connectivity index (χ0) is 16.8. The number of hydrogen-bond donors (Lipinski definition) is 3. The lowest BCUT2D eigenvalue weighted by molar-refractivity contribution is -0.115. The Balaban J connectivity index is 1.87. The fraction of sp³-hybridized carbons (Fsp3) is 0.176. The Bertz CT molecular complexity index is 694. The predicted molar refractivity (Wildman–Crippen MR) is 93.0 cm³/mol. The molecule has 2 rings (SSSR count). The Labute approximate surface area is 140 Å². The van der Waals surface area contributed by atoms with Crippen LogP contribution >= 0.6 is 11.6 Å². The summed E-state index contributed by atoms with van der Waals surface area (Å²) in [5.41, 5.74) is 3.11. The van der Waals surface area contributed by atoms with E-state index in [1.54, 1.807) is 18.2 Å². The number of nitrogens with one attached hydrogen (secondary N) is 3. The van der Waals surface area contributed by atoms with Gasteiger partial charge in [-0.1, -0.05) is 35.9 Å². The molecule has 0 atom stereocenters. The lowest BCUT2D eigenvalue weighted by Gasteiger charge is -2.12. The lowest BCUT2D eigenvalue weighted by atomic mass is 10.1. The molecule has 0 bridgehead atoms. The average Bonchev–Trinajstić information content (AvgIpc) is 2.50. The van der Waals surface area contributed by atoms with E-state index in [0.717, 1.165) is 11.1 Å². The van der Waals surface area contributed by atoms with E-state index >= 15 is 0 Å². The summed E-state index contributed by atoms with van der Waals surface area (Å²) < 4.78 is 0. The highest BCUT2D eigenvalue weighted by Crippen LogP contribution is 2.27. The minimum absolute atomic E-state index is 0.150. The number of rotatable bonds is 4. The number of hydrogen-bond acceptors (Lipinski definition) is 2. The van der Waals surface area contributed by atoms with E-state index < -0.39 is 6.03 Å². The third-order valence-corrected chi connectivity index (χ3v) is 3.44. The van der Waals surface area contributed by atoms with Crippen LogP contribution in [0.3, 0.4) is 0 Å². The van der Waals surface area contributed by atoms with E-state index in [0.29, 0.717) is 16.4 Å². The summed E-state index contributed by atoms with van der Waals surface area (Å²) in [5, 5.41) is 8.32. The molecule has 0 aliphatic carbocycles. The first-order chi connectivity index (χ1) is 11.0. The van der Waals surface area contributed by atoms with Crippen molar-refractivity contribution >= 4 is 34.9 Å². The molecule has 3 N–H and O–H groups in total. The Hall–Kier alpha value is -2.53. The fourth-order valence-electron chi connectivity index (χ4n) is 2.11. The molecule has 0 aliphatic rings. The third kappa shape index (κ3) is 5.00. The van der Waals surface area contributed by atoms with Crippen molar-refractivity contribution in [3.8, 4) is 0 Å². The number of halogens is 1. The maximum absolute atomic E-state index is 11.9. The molecule has 0 heterocycles. The molecule has 0 aliphatic heterocycles. The van der Waals surface area contributed by atoms with Gasteiger partial charge in [-0.05, 0) is 43.2 Å². The van der Waals surface area contributed by atoms with E-state index in [1.807, 2.05) is 38.1 Å². The molecule has 0 spiro atoms. The van der Waals surface area contributed by atoms with Gasteiger partial charge in [0.1, 0.15) is 0 Å². The molecular formula is C17H18ClN3O2. The number of para-hydroxylation sites is 1. The molecule has 6 heteroatoms. The number of amides is 3. The Kier molecular flexibility index (Phi) is 5.60. The van der Waals surface area contributed by atoms with Gasteiger partial charge in [-0.3, -0.25) is 4.79 Å². The average molecular weight is 332 g/mol. The van der Waals surface area contributed by atoms with Gasteiger partial charge in [0.25, 0.3) is 0 Å². The van der Waals surface area contributed by atoms with Gasteiger partial charge in [0, 0.05) is 5.69 Å². The molecule has 23 heavy (non-hydrogen) atoms. The van der Waals surface area contributed by atoms with Crippen LogP contribution in [-0.4, -0.2) is 18.5 Å². The third-order valence-electron chi connectivity index (χ3n) is 3.14. The summed E-state index contributed by atoms with van der Waals surface area (Å²) in [7, 11) is 0. The normalized spacial score (nSPS) is 10.0. The predicted octanol–water partition coefficient (Wildman–Crippen LogP) is 3.72. The molecule has 120 valence electrons. The smallest absolute Gasteiger partial charge is 0.319 e. The Morgan fingerprint density at radius 1 is 1.04 bits per heavy atom. The van der Waals surface area contributed by atoms with Crippen molar-refractivity contribution < 1.29 is 9.59 Å². The second-order valence-corrected chi connectivity index (χ2v) is 5.57. The van der Waals surface area contributed by atoms with Gasteiger partial charge in [0.05, 0.1) is 17.3 Å². The zero-order valence-corrected chi connectivity index (χ0v) is 13.7. The molecule has 3 amide bonds. The summed E-state index contributed by atoms with van der Waals surface area (Å²) in [4.78, 5) is 23.7. The minimum Gasteiger partial charge on any atom is -0.329 e. The van der Waals surface area contributed by atoms with Crippen LogP contribution in [0.4, 0.5) is 16.2 Å². The van der Waals surface area contributed by atoms with Gasteiger partial charge in [0.15, 0.2) is 0 Å². The highest BCUT2D eigenvalue weighted by Gasteiger charge is 2.10. The number of carbonyl (C=O) groups is 2. The van der Waals surface area contributed by atoms with Crippen LogP contribution in [0.1, 0.15) is 11.1 Å². The standard InChI is InChI=1S/C17H18ClN3O2/c1-11-8-12(2)16(14(18)9-11)21-15(22)10-19-17(23)20-13-6-4-3-5-7-13/h3-9H,10H2,1-2H3,(H,21,22)(H2,19,20,23). The van der Waals surface area contributed by atoms with Crippen LogP contribution in [0.15, 0.2) is 42.5 Å². The molecule has 0 fully saturated rings. The first-order valence-corrected chi connectivity index (χ1v) is 7.50. The van der Waals surface area contributed by atoms with Crippen LogP contribution in [0.2, 0.25) is 5.02 Å². The van der Waals surface area contributed by atoms with Crippen molar-refractivity contribution in [3.63, 3.8) is 0 Å². The summed E-state index contributed by atoms with van der Waals surface area (Å²) >= 11 is 6.13. The van der Waals surface area contributed by atoms with Crippen LogP contribution in [0.25, 0.3) is 0 Å². The van der Waals surface area contributed by atoms with Gasteiger partial charge >= 0.3 is 6.03 Å². The minimum atomic E-state index is -0.446. The molecule has 0 radical (unpaired) electrons. The van der Waals surface area contributed by atoms with Gasteiger partial charge in [-0.2, -0.15) is 0 Å². The fourth-order valence-corrected chi connectivity index (χ4v) is 2.48. The molecule has 0 saturated carbocycles. The topological polar surface area (TPSA) is 70.2 Å². The Morgan fingerprint density at radius 2 is 1.74 bits per heavy atom. The first-order valence-electron chi connectivity index (χ1n) is 7.12. The second kappa shape index (κ2) is 7.65. The molecular weight excluding hydrogens is 314 g/mol. The number of carbonyl (C=O) groups excluding carboxylic acids is 2. The highest BCUT2D eigenvalue weighted by atomic mass is 35.5. The highest BCUT2D eigenvalue weighted by molar-refractivity contribution is 6.34. The van der Waals surface area contributed by atoms with Gasteiger partial charge in [0.2, 0.25) is 5.91 Å². The van der Waals surface area contributed by atoms with Gasteiger partial charge in [-0.15, -0.1) is 0 Å². The first kappa shape index (κ1) is 16.8. The monoisotopic (exact) mass is 331 g/mol. The molecule has 2 aromatic rings. The van der Waals surface area contributed by atoms with Gasteiger partial charge in [-0.25, -0.2) is 4.79 Å². The van der Waals surface area contributed by atoms with Crippen molar-refractivity contribution in [2.24, 2.45) is 0 Å². The maximum atomic E-state index is 11.9. The van der Waals surface area contributed by atoms with Crippen molar-refractivity contribution in [2.45, 2.75) is 13.8 Å².